The number of anilines is 2. The summed E-state index contributed by atoms with van der Waals surface area (Å²) in [6, 6.07) is 11.3. The molecule has 2 N–H and O–H groups in total. The molecule has 0 spiro atoms. The summed E-state index contributed by atoms with van der Waals surface area (Å²) < 4.78 is 16.2. The predicted octanol–water partition coefficient (Wildman–Crippen LogP) is 4.11. The van der Waals surface area contributed by atoms with Gasteiger partial charge in [0.25, 0.3) is 5.91 Å². The lowest BCUT2D eigenvalue weighted by atomic mass is 10.1. The van der Waals surface area contributed by atoms with Gasteiger partial charge in [-0.2, -0.15) is 0 Å². The number of hydrogen-bond donors (Lipinski definition) is 2. The summed E-state index contributed by atoms with van der Waals surface area (Å²) in [4.78, 5) is 21.4. The summed E-state index contributed by atoms with van der Waals surface area (Å²) in [6.45, 7) is 1.93. The van der Waals surface area contributed by atoms with Crippen molar-refractivity contribution in [3.05, 3.63) is 53.7 Å². The molecule has 1 aliphatic rings. The summed E-state index contributed by atoms with van der Waals surface area (Å²) in [5, 5.41) is 6.30. The third-order valence-electron chi connectivity index (χ3n) is 5.22. The van der Waals surface area contributed by atoms with Crippen LogP contribution >= 0.6 is 0 Å². The number of benzene rings is 2. The smallest absolute Gasteiger partial charge is 0.251 e. The minimum Gasteiger partial charge on any atom is -0.493 e. The van der Waals surface area contributed by atoms with E-state index >= 15 is 0 Å². The first-order valence-corrected chi connectivity index (χ1v) is 10.3. The van der Waals surface area contributed by atoms with Gasteiger partial charge in [0.15, 0.2) is 17.3 Å². The second kappa shape index (κ2) is 9.13. The molecule has 8 heteroatoms. The van der Waals surface area contributed by atoms with Gasteiger partial charge in [0.2, 0.25) is 5.75 Å². The number of aromatic nitrogens is 2. The van der Waals surface area contributed by atoms with Gasteiger partial charge < -0.3 is 24.8 Å². The van der Waals surface area contributed by atoms with E-state index in [1.807, 2.05) is 31.2 Å². The molecule has 0 unspecified atom stereocenters. The lowest BCUT2D eigenvalue weighted by molar-refractivity contribution is 0.0951. The van der Waals surface area contributed by atoms with E-state index in [1.54, 1.807) is 39.7 Å². The first-order chi connectivity index (χ1) is 15.5. The van der Waals surface area contributed by atoms with Crippen LogP contribution in [0.1, 0.15) is 28.8 Å². The highest BCUT2D eigenvalue weighted by Crippen LogP contribution is 2.40. The van der Waals surface area contributed by atoms with Crippen LogP contribution in [0, 0.1) is 6.92 Å². The first-order valence-electron chi connectivity index (χ1n) is 10.3. The van der Waals surface area contributed by atoms with E-state index in [2.05, 4.69) is 20.6 Å². The Hall–Kier alpha value is -3.81. The molecular formula is C24H26N4O4. The summed E-state index contributed by atoms with van der Waals surface area (Å²) in [6.07, 6.45) is 3.88. The third-order valence-corrected chi connectivity index (χ3v) is 5.22. The van der Waals surface area contributed by atoms with Gasteiger partial charge in [-0.1, -0.05) is 12.1 Å². The standard InChI is InChI=1S/C24H26N4O4/c1-14-13-25-23(15-5-7-16(8-6-15)24(29)27-17-9-10-17)28-22(14)26-18-11-19(30-2)21(32-4)20(12-18)31-3/h5-8,11-13,17H,9-10H2,1-4H3,(H,27,29)(H,25,26,28). The fourth-order valence-corrected chi connectivity index (χ4v) is 3.26. The molecule has 0 saturated heterocycles. The minimum atomic E-state index is -0.0476. The van der Waals surface area contributed by atoms with Gasteiger partial charge in [-0.05, 0) is 31.9 Å². The van der Waals surface area contributed by atoms with Crippen molar-refractivity contribution < 1.29 is 19.0 Å². The predicted molar refractivity (Wildman–Crippen MR) is 122 cm³/mol. The number of methoxy groups -OCH3 is 3. The summed E-state index contributed by atoms with van der Waals surface area (Å²) in [7, 11) is 4.71. The van der Waals surface area contributed by atoms with E-state index in [-0.39, 0.29) is 5.91 Å². The molecule has 1 heterocycles. The molecule has 4 rings (SSSR count). The highest BCUT2D eigenvalue weighted by molar-refractivity contribution is 5.95. The van der Waals surface area contributed by atoms with Gasteiger partial charge in [0.05, 0.1) is 21.3 Å². The van der Waals surface area contributed by atoms with Gasteiger partial charge in [-0.15, -0.1) is 0 Å². The van der Waals surface area contributed by atoms with Gasteiger partial charge in [0.1, 0.15) is 5.82 Å². The number of rotatable bonds is 8. The van der Waals surface area contributed by atoms with Crippen molar-refractivity contribution in [3.63, 3.8) is 0 Å². The number of ether oxygens (including phenoxy) is 3. The molecule has 1 amide bonds. The van der Waals surface area contributed by atoms with Crippen molar-refractivity contribution in [1.82, 2.24) is 15.3 Å². The number of aryl methyl sites for hydroxylation is 1. The van der Waals surface area contributed by atoms with Crippen LogP contribution in [0.4, 0.5) is 11.5 Å². The number of amides is 1. The second-order valence-corrected chi connectivity index (χ2v) is 7.59. The van der Waals surface area contributed by atoms with Crippen LogP contribution in [0.25, 0.3) is 11.4 Å². The fourth-order valence-electron chi connectivity index (χ4n) is 3.26. The summed E-state index contributed by atoms with van der Waals surface area (Å²) in [5.74, 6) is 2.77. The zero-order valence-electron chi connectivity index (χ0n) is 18.6. The number of nitrogens with one attached hydrogen (secondary N) is 2. The molecule has 1 saturated carbocycles. The molecule has 2 aromatic carbocycles. The van der Waals surface area contributed by atoms with E-state index in [0.29, 0.717) is 40.5 Å². The Balaban J connectivity index is 1.58. The molecule has 0 aliphatic heterocycles. The van der Waals surface area contributed by atoms with Crippen LogP contribution in [0.2, 0.25) is 0 Å². The SMILES string of the molecule is COc1cc(Nc2nc(-c3ccc(C(=O)NC4CC4)cc3)ncc2C)cc(OC)c1OC. The van der Waals surface area contributed by atoms with Gasteiger partial charge >= 0.3 is 0 Å². The van der Waals surface area contributed by atoms with Gasteiger partial charge in [-0.3, -0.25) is 4.79 Å². The van der Waals surface area contributed by atoms with Gasteiger partial charge in [-0.25, -0.2) is 9.97 Å². The van der Waals surface area contributed by atoms with E-state index in [9.17, 15) is 4.79 Å². The number of carbonyl (C=O) groups excluding carboxylic acids is 1. The molecule has 3 aromatic rings. The number of hydrogen-bond acceptors (Lipinski definition) is 7. The maximum atomic E-state index is 12.2. The Morgan fingerprint density at radius 3 is 2.22 bits per heavy atom. The van der Waals surface area contributed by atoms with Crippen LogP contribution in [-0.4, -0.2) is 43.2 Å². The van der Waals surface area contributed by atoms with Crippen molar-refractivity contribution in [2.45, 2.75) is 25.8 Å². The molecule has 1 aromatic heterocycles. The van der Waals surface area contributed by atoms with Crippen molar-refractivity contribution in [1.29, 1.82) is 0 Å². The van der Waals surface area contributed by atoms with Crippen LogP contribution in [0.15, 0.2) is 42.6 Å². The summed E-state index contributed by atoms with van der Waals surface area (Å²) in [5.41, 5.74) is 3.06. The Morgan fingerprint density at radius 1 is 1.00 bits per heavy atom. The molecule has 166 valence electrons. The lowest BCUT2D eigenvalue weighted by Crippen LogP contribution is -2.25. The molecule has 0 bridgehead atoms. The normalized spacial score (nSPS) is 12.8. The highest BCUT2D eigenvalue weighted by Gasteiger charge is 2.23. The number of carbonyl (C=O) groups is 1. The quantitative estimate of drug-likeness (QED) is 0.551. The fraction of sp³-hybridized carbons (Fsp3) is 0.292. The second-order valence-electron chi connectivity index (χ2n) is 7.59. The van der Waals surface area contributed by atoms with Crippen LogP contribution in [0.5, 0.6) is 17.2 Å². The van der Waals surface area contributed by atoms with Crippen LogP contribution in [0.3, 0.4) is 0 Å². The average molecular weight is 434 g/mol. The van der Waals surface area contributed by atoms with Crippen molar-refractivity contribution in [2.24, 2.45) is 0 Å². The highest BCUT2D eigenvalue weighted by atomic mass is 16.5. The molecule has 0 radical (unpaired) electrons. The largest absolute Gasteiger partial charge is 0.493 e. The first kappa shape index (κ1) is 21.4. The maximum absolute atomic E-state index is 12.2. The van der Waals surface area contributed by atoms with E-state index in [0.717, 1.165) is 29.7 Å². The van der Waals surface area contributed by atoms with Crippen molar-refractivity contribution in [2.75, 3.05) is 26.6 Å². The van der Waals surface area contributed by atoms with Crippen molar-refractivity contribution in [3.8, 4) is 28.6 Å². The van der Waals surface area contributed by atoms with Gasteiger partial charge in [0, 0.05) is 46.7 Å². The number of nitrogens with zero attached hydrogens (tertiary/aromatic N) is 2. The third kappa shape index (κ3) is 4.59. The van der Waals surface area contributed by atoms with E-state index in [4.69, 9.17) is 14.2 Å². The average Bonchev–Trinajstić information content (AvgIpc) is 3.63. The Labute approximate surface area is 187 Å². The molecule has 32 heavy (non-hydrogen) atoms. The zero-order chi connectivity index (χ0) is 22.7. The maximum Gasteiger partial charge on any atom is 0.251 e. The molecular weight excluding hydrogens is 408 g/mol. The van der Waals surface area contributed by atoms with Crippen LogP contribution < -0.4 is 24.8 Å². The minimum absolute atomic E-state index is 0.0476. The lowest BCUT2D eigenvalue weighted by Gasteiger charge is -2.16. The molecule has 0 atom stereocenters. The topological polar surface area (TPSA) is 94.6 Å². The molecule has 8 nitrogen and oxygen atoms in total. The molecule has 1 fully saturated rings. The zero-order valence-corrected chi connectivity index (χ0v) is 18.6. The Morgan fingerprint density at radius 2 is 1.66 bits per heavy atom. The van der Waals surface area contributed by atoms with Crippen molar-refractivity contribution >= 4 is 17.4 Å². The van der Waals surface area contributed by atoms with Crippen LogP contribution in [-0.2, 0) is 0 Å². The van der Waals surface area contributed by atoms with E-state index in [1.165, 1.54) is 0 Å². The summed E-state index contributed by atoms with van der Waals surface area (Å²) >= 11 is 0. The Kier molecular flexibility index (Phi) is 6.11. The van der Waals surface area contributed by atoms with E-state index < -0.39 is 0 Å². The molecule has 1 aliphatic carbocycles. The monoisotopic (exact) mass is 434 g/mol. The Bertz CT molecular complexity index is 1100.